The topological polar surface area (TPSA) is 12.9 Å². The number of rotatable bonds is 2. The molecule has 0 aliphatic carbocycles. The Morgan fingerprint density at radius 1 is 0.947 bits per heavy atom. The van der Waals surface area contributed by atoms with Crippen molar-refractivity contribution in [2.24, 2.45) is 0 Å². The van der Waals surface area contributed by atoms with Gasteiger partial charge >= 0.3 is 0 Å². The van der Waals surface area contributed by atoms with Crippen molar-refractivity contribution >= 4 is 11.3 Å². The van der Waals surface area contributed by atoms with Crippen molar-refractivity contribution in [3.8, 4) is 21.6 Å². The van der Waals surface area contributed by atoms with Gasteiger partial charge in [-0.05, 0) is 53.3 Å². The molecule has 3 heteroatoms. The number of aromatic nitrogens is 1. The van der Waals surface area contributed by atoms with Crippen LogP contribution in [-0.2, 0) is 0 Å². The van der Waals surface area contributed by atoms with Gasteiger partial charge in [0.15, 0.2) is 0 Å². The van der Waals surface area contributed by atoms with Gasteiger partial charge in [-0.1, -0.05) is 12.1 Å². The molecule has 0 aliphatic rings. The number of nitrogens with zero attached hydrogens (tertiary/aromatic N) is 1. The smallest absolute Gasteiger partial charge is 0.123 e. The van der Waals surface area contributed by atoms with E-state index in [1.54, 1.807) is 23.7 Å². The normalized spacial score (nSPS) is 10.6. The molecule has 3 rings (SSSR count). The molecular formula is C16H12FNS. The van der Waals surface area contributed by atoms with Crippen LogP contribution in [0.1, 0.15) is 5.56 Å². The molecule has 0 radical (unpaired) electrons. The molecular weight excluding hydrogens is 257 g/mol. The van der Waals surface area contributed by atoms with E-state index < -0.39 is 0 Å². The maximum absolute atomic E-state index is 13.0. The van der Waals surface area contributed by atoms with Crippen LogP contribution < -0.4 is 0 Å². The maximum Gasteiger partial charge on any atom is 0.123 e. The summed E-state index contributed by atoms with van der Waals surface area (Å²) in [6, 6.07) is 10.7. The molecule has 1 nitrogen and oxygen atoms in total. The van der Waals surface area contributed by atoms with Crippen molar-refractivity contribution < 1.29 is 4.39 Å². The summed E-state index contributed by atoms with van der Waals surface area (Å²) < 4.78 is 13.0. The first-order valence-electron chi connectivity index (χ1n) is 6.00. The van der Waals surface area contributed by atoms with Crippen LogP contribution in [0.4, 0.5) is 4.39 Å². The van der Waals surface area contributed by atoms with E-state index in [4.69, 9.17) is 0 Å². The second-order valence-corrected chi connectivity index (χ2v) is 5.25. The van der Waals surface area contributed by atoms with Gasteiger partial charge in [-0.25, -0.2) is 4.39 Å². The second kappa shape index (κ2) is 4.94. The Bertz CT molecular complexity index is 687. The molecule has 3 aromatic rings. The number of aryl methyl sites for hydroxylation is 1. The van der Waals surface area contributed by atoms with Crippen LogP contribution in [0.3, 0.4) is 0 Å². The van der Waals surface area contributed by atoms with Crippen molar-refractivity contribution in [1.82, 2.24) is 4.98 Å². The van der Waals surface area contributed by atoms with E-state index in [1.165, 1.54) is 28.1 Å². The third-order valence-corrected chi connectivity index (χ3v) is 4.20. The van der Waals surface area contributed by atoms with Crippen molar-refractivity contribution in [3.63, 3.8) is 0 Å². The highest BCUT2D eigenvalue weighted by molar-refractivity contribution is 7.14. The van der Waals surface area contributed by atoms with Crippen molar-refractivity contribution in [2.45, 2.75) is 6.92 Å². The molecule has 94 valence electrons. The fraction of sp³-hybridized carbons (Fsp3) is 0.0625. The first kappa shape index (κ1) is 12.1. The Morgan fingerprint density at radius 3 is 2.32 bits per heavy atom. The Kier molecular flexibility index (Phi) is 3.13. The lowest BCUT2D eigenvalue weighted by atomic mass is 10.0. The Balaban J connectivity index is 2.16. The highest BCUT2D eigenvalue weighted by atomic mass is 32.1. The van der Waals surface area contributed by atoms with Gasteiger partial charge in [0.05, 0.1) is 0 Å². The summed E-state index contributed by atoms with van der Waals surface area (Å²) in [5, 5.41) is 2.13. The Labute approximate surface area is 115 Å². The molecule has 0 atom stereocenters. The van der Waals surface area contributed by atoms with Gasteiger partial charge in [-0.2, -0.15) is 0 Å². The molecule has 0 saturated carbocycles. The van der Waals surface area contributed by atoms with E-state index in [1.807, 2.05) is 24.3 Å². The molecule has 0 N–H and O–H groups in total. The number of halogens is 1. The molecule has 2 aromatic heterocycles. The van der Waals surface area contributed by atoms with E-state index in [2.05, 4.69) is 17.3 Å². The fourth-order valence-electron chi connectivity index (χ4n) is 2.14. The van der Waals surface area contributed by atoms with Gasteiger partial charge in [0.25, 0.3) is 0 Å². The van der Waals surface area contributed by atoms with E-state index in [9.17, 15) is 4.39 Å². The zero-order valence-corrected chi connectivity index (χ0v) is 11.2. The van der Waals surface area contributed by atoms with Crippen LogP contribution in [-0.4, -0.2) is 4.98 Å². The van der Waals surface area contributed by atoms with Crippen molar-refractivity contribution in [2.75, 3.05) is 0 Å². The molecule has 0 unspecified atom stereocenters. The summed E-state index contributed by atoms with van der Waals surface area (Å²) in [7, 11) is 0. The molecule has 0 fully saturated rings. The van der Waals surface area contributed by atoms with Gasteiger partial charge < -0.3 is 0 Å². The summed E-state index contributed by atoms with van der Waals surface area (Å²) in [5.74, 6) is -0.206. The average Bonchev–Trinajstić information content (AvgIpc) is 2.82. The predicted molar refractivity (Wildman–Crippen MR) is 77.7 cm³/mol. The lowest BCUT2D eigenvalue weighted by Gasteiger charge is -2.06. The highest BCUT2D eigenvalue weighted by Crippen LogP contribution is 2.39. The van der Waals surface area contributed by atoms with E-state index in [0.29, 0.717) is 0 Å². The van der Waals surface area contributed by atoms with Crippen LogP contribution in [0.15, 0.2) is 54.2 Å². The zero-order chi connectivity index (χ0) is 13.2. The largest absolute Gasteiger partial charge is 0.265 e. The van der Waals surface area contributed by atoms with Gasteiger partial charge in [0, 0.05) is 22.8 Å². The minimum atomic E-state index is -0.206. The van der Waals surface area contributed by atoms with Crippen LogP contribution in [0.25, 0.3) is 21.6 Å². The fourth-order valence-corrected chi connectivity index (χ4v) is 3.22. The van der Waals surface area contributed by atoms with Gasteiger partial charge in [0.1, 0.15) is 5.82 Å². The highest BCUT2D eigenvalue weighted by Gasteiger charge is 2.12. The number of hydrogen-bond acceptors (Lipinski definition) is 2. The minimum absolute atomic E-state index is 0.206. The first-order valence-corrected chi connectivity index (χ1v) is 6.88. The molecule has 19 heavy (non-hydrogen) atoms. The molecule has 2 heterocycles. The van der Waals surface area contributed by atoms with Gasteiger partial charge in [-0.3, -0.25) is 4.98 Å². The van der Waals surface area contributed by atoms with E-state index in [0.717, 1.165) is 11.1 Å². The van der Waals surface area contributed by atoms with Crippen molar-refractivity contribution in [1.29, 1.82) is 0 Å². The quantitative estimate of drug-likeness (QED) is 0.643. The van der Waals surface area contributed by atoms with Crippen LogP contribution in [0.5, 0.6) is 0 Å². The van der Waals surface area contributed by atoms with Crippen LogP contribution in [0.2, 0.25) is 0 Å². The molecule has 1 aromatic carbocycles. The molecule has 0 saturated heterocycles. The van der Waals surface area contributed by atoms with E-state index >= 15 is 0 Å². The number of pyridine rings is 1. The SMILES string of the molecule is Cc1csc(-c2ccc(F)cc2)c1-c1ccncc1. The van der Waals surface area contributed by atoms with Gasteiger partial charge in [0.2, 0.25) is 0 Å². The maximum atomic E-state index is 13.0. The molecule has 0 amide bonds. The zero-order valence-electron chi connectivity index (χ0n) is 10.4. The van der Waals surface area contributed by atoms with Gasteiger partial charge in [-0.15, -0.1) is 11.3 Å². The molecule has 0 aliphatic heterocycles. The lowest BCUT2D eigenvalue weighted by molar-refractivity contribution is 0.628. The summed E-state index contributed by atoms with van der Waals surface area (Å²) in [6.07, 6.45) is 3.59. The summed E-state index contributed by atoms with van der Waals surface area (Å²) >= 11 is 1.69. The minimum Gasteiger partial charge on any atom is -0.265 e. The molecule has 0 bridgehead atoms. The monoisotopic (exact) mass is 269 g/mol. The first-order chi connectivity index (χ1) is 9.25. The number of hydrogen-bond donors (Lipinski definition) is 0. The summed E-state index contributed by atoms with van der Waals surface area (Å²) in [5.41, 5.74) is 4.63. The Morgan fingerprint density at radius 2 is 1.63 bits per heavy atom. The predicted octanol–water partition coefficient (Wildman–Crippen LogP) is 4.92. The van der Waals surface area contributed by atoms with E-state index in [-0.39, 0.29) is 5.82 Å². The lowest BCUT2D eigenvalue weighted by Crippen LogP contribution is -1.83. The van der Waals surface area contributed by atoms with Crippen LogP contribution in [0, 0.1) is 12.7 Å². The van der Waals surface area contributed by atoms with Crippen molar-refractivity contribution in [3.05, 3.63) is 65.6 Å². The Hall–Kier alpha value is -2.00. The summed E-state index contributed by atoms with van der Waals surface area (Å²) in [6.45, 7) is 2.10. The van der Waals surface area contributed by atoms with Crippen LogP contribution >= 0.6 is 11.3 Å². The third-order valence-electron chi connectivity index (χ3n) is 3.05. The standard InChI is InChI=1S/C16H12FNS/c1-11-10-19-16(13-2-4-14(17)5-3-13)15(11)12-6-8-18-9-7-12/h2-10H,1H3. The second-order valence-electron chi connectivity index (χ2n) is 4.37. The summed E-state index contributed by atoms with van der Waals surface area (Å²) in [4.78, 5) is 5.22. The third kappa shape index (κ3) is 2.29. The number of thiophene rings is 1. The number of benzene rings is 1. The molecule has 0 spiro atoms. The average molecular weight is 269 g/mol.